The zero-order valence-corrected chi connectivity index (χ0v) is 22.9. The Morgan fingerprint density at radius 2 is 1.76 bits per heavy atom. The highest BCUT2D eigenvalue weighted by atomic mass is 35.5. The minimum atomic E-state index is -0.320. The van der Waals surface area contributed by atoms with Gasteiger partial charge in [0.05, 0.1) is 20.8 Å². The minimum Gasteiger partial charge on any atom is -0.457 e. The van der Waals surface area contributed by atoms with Gasteiger partial charge in [-0.1, -0.05) is 54.7 Å². The van der Waals surface area contributed by atoms with E-state index in [0.29, 0.717) is 76.4 Å². The third kappa shape index (κ3) is 6.89. The molecular weight excluding hydrogens is 533 g/mol. The maximum Gasteiger partial charge on any atom is 0.248 e. The Bertz CT molecular complexity index is 1310. The van der Waals surface area contributed by atoms with E-state index < -0.39 is 0 Å². The molecule has 1 fully saturated rings. The van der Waals surface area contributed by atoms with Crippen molar-refractivity contribution in [1.82, 2.24) is 4.90 Å². The van der Waals surface area contributed by atoms with Crippen molar-refractivity contribution in [3.8, 4) is 11.3 Å². The molecule has 0 bridgehead atoms. The number of furan rings is 1. The number of nitrogens with zero attached hydrogens (tertiary/aromatic N) is 2. The fourth-order valence-corrected chi connectivity index (χ4v) is 4.83. The Balaban J connectivity index is 1.33. The zero-order chi connectivity index (χ0) is 26.5. The standard InChI is InChI=1S/C28H28Cl3N3O3/c1-18(2)16-27(36)34-14-12-33(13-15-34)24-9-6-19(17-23(24)30)32-26(35)11-8-20-7-10-25(37-20)21-4-3-5-22(29)28(21)31/h3-11,17-18H,12-16H2,1-2H3,(H,32,35)/b11-8+. The molecule has 2 heterocycles. The minimum absolute atomic E-state index is 0.200. The quantitative estimate of drug-likeness (QED) is 0.309. The van der Waals surface area contributed by atoms with Crippen LogP contribution in [0.3, 0.4) is 0 Å². The number of nitrogens with one attached hydrogen (secondary N) is 1. The molecule has 1 aromatic heterocycles. The molecule has 1 aliphatic rings. The van der Waals surface area contributed by atoms with E-state index in [0.717, 1.165) is 5.69 Å². The molecule has 0 saturated carbocycles. The maximum atomic E-state index is 12.5. The SMILES string of the molecule is CC(C)CC(=O)N1CCN(c2ccc(NC(=O)/C=C/c3ccc(-c4cccc(Cl)c4Cl)o3)cc2Cl)CC1. The third-order valence-corrected chi connectivity index (χ3v) is 7.14. The second-order valence-electron chi connectivity index (χ2n) is 9.26. The van der Waals surface area contributed by atoms with Crippen molar-refractivity contribution in [2.24, 2.45) is 5.92 Å². The maximum absolute atomic E-state index is 12.5. The van der Waals surface area contributed by atoms with Crippen LogP contribution in [0.1, 0.15) is 26.0 Å². The number of carbonyl (C=O) groups is 2. The predicted molar refractivity (Wildman–Crippen MR) is 152 cm³/mol. The van der Waals surface area contributed by atoms with Gasteiger partial charge in [0.1, 0.15) is 11.5 Å². The van der Waals surface area contributed by atoms with Crippen LogP contribution < -0.4 is 10.2 Å². The number of hydrogen-bond donors (Lipinski definition) is 1. The van der Waals surface area contributed by atoms with E-state index in [1.165, 1.54) is 6.08 Å². The first-order valence-electron chi connectivity index (χ1n) is 12.1. The average molecular weight is 561 g/mol. The van der Waals surface area contributed by atoms with Gasteiger partial charge in [-0.15, -0.1) is 0 Å². The monoisotopic (exact) mass is 559 g/mol. The smallest absolute Gasteiger partial charge is 0.248 e. The summed E-state index contributed by atoms with van der Waals surface area (Å²) >= 11 is 18.9. The van der Waals surface area contributed by atoms with Crippen LogP contribution in [0.25, 0.3) is 17.4 Å². The summed E-state index contributed by atoms with van der Waals surface area (Å²) in [5.74, 6) is 1.29. The van der Waals surface area contributed by atoms with E-state index in [1.807, 2.05) is 23.1 Å². The van der Waals surface area contributed by atoms with Gasteiger partial charge in [-0.3, -0.25) is 9.59 Å². The summed E-state index contributed by atoms with van der Waals surface area (Å²) in [4.78, 5) is 28.9. The largest absolute Gasteiger partial charge is 0.457 e. The first kappa shape index (κ1) is 27.1. The van der Waals surface area contributed by atoms with Crippen LogP contribution >= 0.6 is 34.8 Å². The lowest BCUT2D eigenvalue weighted by molar-refractivity contribution is -0.132. The normalized spacial score (nSPS) is 14.0. The van der Waals surface area contributed by atoms with Crippen molar-refractivity contribution in [2.75, 3.05) is 36.4 Å². The summed E-state index contributed by atoms with van der Waals surface area (Å²) in [7, 11) is 0. The van der Waals surface area contributed by atoms with Gasteiger partial charge < -0.3 is 19.5 Å². The lowest BCUT2D eigenvalue weighted by atomic mass is 10.1. The number of halogens is 3. The topological polar surface area (TPSA) is 65.8 Å². The number of anilines is 2. The molecule has 6 nitrogen and oxygen atoms in total. The molecular formula is C28H28Cl3N3O3. The molecule has 0 aliphatic carbocycles. The van der Waals surface area contributed by atoms with Crippen LogP contribution in [0.15, 0.2) is 59.0 Å². The van der Waals surface area contributed by atoms with E-state index >= 15 is 0 Å². The number of rotatable bonds is 7. The van der Waals surface area contributed by atoms with E-state index in [9.17, 15) is 9.59 Å². The van der Waals surface area contributed by atoms with Crippen LogP contribution in [0, 0.1) is 5.92 Å². The summed E-state index contributed by atoms with van der Waals surface area (Å²) < 4.78 is 5.79. The number of piperazine rings is 1. The molecule has 4 rings (SSSR count). The highest BCUT2D eigenvalue weighted by Gasteiger charge is 2.23. The Morgan fingerprint density at radius 1 is 1.00 bits per heavy atom. The Hall–Kier alpha value is -2.93. The van der Waals surface area contributed by atoms with Gasteiger partial charge >= 0.3 is 0 Å². The molecule has 194 valence electrons. The molecule has 0 unspecified atom stereocenters. The van der Waals surface area contributed by atoms with Crippen molar-refractivity contribution in [2.45, 2.75) is 20.3 Å². The number of carbonyl (C=O) groups excluding carboxylic acids is 2. The summed E-state index contributed by atoms with van der Waals surface area (Å²) in [5, 5.41) is 4.21. The molecule has 0 atom stereocenters. The van der Waals surface area contributed by atoms with Crippen LogP contribution in [-0.4, -0.2) is 42.9 Å². The molecule has 1 saturated heterocycles. The Labute approximate surface area is 231 Å². The Kier molecular flexibility index (Phi) is 8.85. The number of amides is 2. The van der Waals surface area contributed by atoms with E-state index in [-0.39, 0.29) is 11.8 Å². The molecule has 1 aliphatic heterocycles. The van der Waals surface area contributed by atoms with Crippen molar-refractivity contribution < 1.29 is 14.0 Å². The average Bonchev–Trinajstić information content (AvgIpc) is 3.33. The molecule has 0 spiro atoms. The van der Waals surface area contributed by atoms with Crippen LogP contribution in [0.5, 0.6) is 0 Å². The number of benzene rings is 2. The van der Waals surface area contributed by atoms with Gasteiger partial charge in [-0.2, -0.15) is 0 Å². The summed E-state index contributed by atoms with van der Waals surface area (Å²) in [5.41, 5.74) is 2.14. The lowest BCUT2D eigenvalue weighted by Gasteiger charge is -2.36. The zero-order valence-electron chi connectivity index (χ0n) is 20.6. The molecule has 1 N–H and O–H groups in total. The molecule has 2 amide bonds. The molecule has 37 heavy (non-hydrogen) atoms. The van der Waals surface area contributed by atoms with Gasteiger partial charge in [0.25, 0.3) is 0 Å². The van der Waals surface area contributed by atoms with Gasteiger partial charge in [0.15, 0.2) is 0 Å². The second-order valence-corrected chi connectivity index (χ2v) is 10.5. The van der Waals surface area contributed by atoms with Crippen molar-refractivity contribution in [3.63, 3.8) is 0 Å². The first-order valence-corrected chi connectivity index (χ1v) is 13.2. The molecule has 0 radical (unpaired) electrons. The van der Waals surface area contributed by atoms with Gasteiger partial charge in [-0.05, 0) is 54.5 Å². The van der Waals surface area contributed by atoms with Crippen molar-refractivity contribution in [3.05, 3.63) is 75.4 Å². The fraction of sp³-hybridized carbons (Fsp3) is 0.286. The third-order valence-electron chi connectivity index (χ3n) is 6.01. The summed E-state index contributed by atoms with van der Waals surface area (Å²) in [6.45, 7) is 6.87. The predicted octanol–water partition coefficient (Wildman–Crippen LogP) is 7.25. The van der Waals surface area contributed by atoms with Gasteiger partial charge in [-0.25, -0.2) is 0 Å². The van der Waals surface area contributed by atoms with Gasteiger partial charge in [0, 0.05) is 49.9 Å². The van der Waals surface area contributed by atoms with E-state index in [1.54, 1.807) is 36.4 Å². The van der Waals surface area contributed by atoms with Crippen LogP contribution in [0.4, 0.5) is 11.4 Å². The van der Waals surface area contributed by atoms with E-state index in [4.69, 9.17) is 39.2 Å². The van der Waals surface area contributed by atoms with Gasteiger partial charge in [0.2, 0.25) is 11.8 Å². The molecule has 2 aromatic carbocycles. The van der Waals surface area contributed by atoms with Crippen molar-refractivity contribution >= 4 is 64.1 Å². The second kappa shape index (κ2) is 12.1. The Morgan fingerprint density at radius 3 is 2.46 bits per heavy atom. The number of hydrogen-bond acceptors (Lipinski definition) is 4. The molecule has 3 aromatic rings. The van der Waals surface area contributed by atoms with E-state index in [2.05, 4.69) is 24.1 Å². The molecule has 9 heteroatoms. The highest BCUT2D eigenvalue weighted by molar-refractivity contribution is 6.43. The van der Waals surface area contributed by atoms with Crippen LogP contribution in [0.2, 0.25) is 15.1 Å². The van der Waals surface area contributed by atoms with Crippen LogP contribution in [-0.2, 0) is 9.59 Å². The summed E-state index contributed by atoms with van der Waals surface area (Å²) in [6.07, 6.45) is 3.53. The van der Waals surface area contributed by atoms with Crippen molar-refractivity contribution in [1.29, 1.82) is 0 Å². The highest BCUT2D eigenvalue weighted by Crippen LogP contribution is 2.34. The summed E-state index contributed by atoms with van der Waals surface area (Å²) in [6, 6.07) is 14.3. The lowest BCUT2D eigenvalue weighted by Crippen LogP contribution is -2.49. The fourth-order valence-electron chi connectivity index (χ4n) is 4.14. The first-order chi connectivity index (χ1) is 17.7.